The van der Waals surface area contributed by atoms with Gasteiger partial charge in [0.1, 0.15) is 0 Å². The maximum absolute atomic E-state index is 12.0. The number of anilines is 1. The maximum Gasteiger partial charge on any atom is 0.237 e. The van der Waals surface area contributed by atoms with Gasteiger partial charge in [0.25, 0.3) is 0 Å². The van der Waals surface area contributed by atoms with Crippen molar-refractivity contribution in [2.45, 2.75) is 31.9 Å². The summed E-state index contributed by atoms with van der Waals surface area (Å²) in [6, 6.07) is 8.46. The maximum atomic E-state index is 12.0. The van der Waals surface area contributed by atoms with E-state index in [9.17, 15) is 9.90 Å². The van der Waals surface area contributed by atoms with E-state index in [1.807, 2.05) is 0 Å². The first-order chi connectivity index (χ1) is 12.1. The summed E-state index contributed by atoms with van der Waals surface area (Å²) in [7, 11) is 0. The highest BCUT2D eigenvalue weighted by Crippen LogP contribution is 2.17. The highest BCUT2D eigenvalue weighted by Gasteiger charge is 2.27. The van der Waals surface area contributed by atoms with E-state index in [2.05, 4.69) is 51.6 Å². The lowest BCUT2D eigenvalue weighted by Gasteiger charge is -2.36. The molecule has 2 heterocycles. The van der Waals surface area contributed by atoms with Crippen LogP contribution in [0.3, 0.4) is 0 Å². The molecule has 0 aromatic heterocycles. The minimum atomic E-state index is -0.388. The van der Waals surface area contributed by atoms with Crippen LogP contribution in [-0.2, 0) is 4.79 Å². The summed E-state index contributed by atoms with van der Waals surface area (Å²) < 4.78 is 0. The van der Waals surface area contributed by atoms with Crippen LogP contribution in [0.4, 0.5) is 5.69 Å². The standard InChI is InChI=1S/C19H30N4O2.3ClH/c1-15-4-2-5-16(12-15)23-10-8-22(9-11-23)7-3-6-20-19(25)18-13-17(24)14-21-18;;;/h2,4-5,12,17-18,21,24H,3,6-11,13-14H2,1H3,(H,20,25);3*1H. The first kappa shape index (κ1) is 27.2. The molecule has 0 saturated carbocycles. The molecule has 2 fully saturated rings. The van der Waals surface area contributed by atoms with E-state index >= 15 is 0 Å². The van der Waals surface area contributed by atoms with Gasteiger partial charge in [0.05, 0.1) is 12.1 Å². The third-order valence-electron chi connectivity index (χ3n) is 5.11. The lowest BCUT2D eigenvalue weighted by Crippen LogP contribution is -2.47. The van der Waals surface area contributed by atoms with E-state index in [1.54, 1.807) is 0 Å². The van der Waals surface area contributed by atoms with E-state index < -0.39 is 0 Å². The smallest absolute Gasteiger partial charge is 0.237 e. The van der Waals surface area contributed by atoms with Crippen LogP contribution < -0.4 is 15.5 Å². The van der Waals surface area contributed by atoms with Crippen molar-refractivity contribution in [1.82, 2.24) is 15.5 Å². The summed E-state index contributed by atoms with van der Waals surface area (Å²) in [5.41, 5.74) is 2.62. The van der Waals surface area contributed by atoms with Gasteiger partial charge in [0, 0.05) is 45.0 Å². The van der Waals surface area contributed by atoms with E-state index in [0.29, 0.717) is 19.5 Å². The van der Waals surface area contributed by atoms with E-state index in [1.165, 1.54) is 11.3 Å². The highest BCUT2D eigenvalue weighted by molar-refractivity contribution is 5.86. The van der Waals surface area contributed by atoms with Crippen LogP contribution in [0.25, 0.3) is 0 Å². The second-order valence-electron chi connectivity index (χ2n) is 7.16. The summed E-state index contributed by atoms with van der Waals surface area (Å²) in [4.78, 5) is 16.9. The number of nitrogens with zero attached hydrogens (tertiary/aromatic N) is 2. The van der Waals surface area contributed by atoms with Crippen LogP contribution in [0.15, 0.2) is 24.3 Å². The van der Waals surface area contributed by atoms with Crippen LogP contribution in [0.5, 0.6) is 0 Å². The topological polar surface area (TPSA) is 67.8 Å². The molecular formula is C19H33Cl3N4O2. The molecule has 0 bridgehead atoms. The number of aliphatic hydroxyl groups is 1. The molecule has 2 aliphatic heterocycles. The number of β-amino-alcohol motifs (C(OH)–C–C–N with tert-alkyl or cyclic N) is 1. The monoisotopic (exact) mass is 454 g/mol. The first-order valence-electron chi connectivity index (χ1n) is 9.35. The number of rotatable bonds is 6. The van der Waals surface area contributed by atoms with E-state index in [4.69, 9.17) is 0 Å². The molecule has 0 spiro atoms. The number of halogens is 3. The molecule has 0 radical (unpaired) electrons. The molecule has 1 aromatic rings. The Balaban J connectivity index is 0.00000243. The van der Waals surface area contributed by atoms with Gasteiger partial charge >= 0.3 is 0 Å². The predicted molar refractivity (Wildman–Crippen MR) is 122 cm³/mol. The molecule has 1 amide bonds. The molecule has 2 unspecified atom stereocenters. The summed E-state index contributed by atoms with van der Waals surface area (Å²) in [6.07, 6.45) is 1.10. The van der Waals surface area contributed by atoms with E-state index in [0.717, 1.165) is 39.1 Å². The van der Waals surface area contributed by atoms with Gasteiger partial charge in [-0.3, -0.25) is 9.69 Å². The Morgan fingerprint density at radius 1 is 1.21 bits per heavy atom. The molecular weight excluding hydrogens is 423 g/mol. The summed E-state index contributed by atoms with van der Waals surface area (Å²) in [5, 5.41) is 15.5. The Morgan fingerprint density at radius 2 is 1.93 bits per heavy atom. The minimum absolute atomic E-state index is 0. The molecule has 2 atom stereocenters. The lowest BCUT2D eigenvalue weighted by atomic mass is 10.2. The number of hydrogen-bond acceptors (Lipinski definition) is 5. The Morgan fingerprint density at radius 3 is 2.54 bits per heavy atom. The Bertz CT molecular complexity index is 586. The molecule has 2 saturated heterocycles. The van der Waals surface area contributed by atoms with Crippen molar-refractivity contribution in [2.75, 3.05) is 50.7 Å². The average Bonchev–Trinajstić information content (AvgIpc) is 3.06. The number of carbonyl (C=O) groups is 1. The number of aryl methyl sites for hydroxylation is 1. The van der Waals surface area contributed by atoms with Crippen molar-refractivity contribution >= 4 is 48.8 Å². The highest BCUT2D eigenvalue weighted by atomic mass is 35.5. The fraction of sp³-hybridized carbons (Fsp3) is 0.632. The van der Waals surface area contributed by atoms with Crippen molar-refractivity contribution in [3.63, 3.8) is 0 Å². The Labute approximate surface area is 186 Å². The van der Waals surface area contributed by atoms with Gasteiger partial charge in [0.15, 0.2) is 0 Å². The van der Waals surface area contributed by atoms with Gasteiger partial charge < -0.3 is 20.6 Å². The van der Waals surface area contributed by atoms with Crippen LogP contribution in [0.2, 0.25) is 0 Å². The molecule has 1 aromatic carbocycles. The second-order valence-corrected chi connectivity index (χ2v) is 7.16. The minimum Gasteiger partial charge on any atom is -0.392 e. The van der Waals surface area contributed by atoms with Crippen LogP contribution in [-0.4, -0.2) is 73.9 Å². The number of hydrogen-bond donors (Lipinski definition) is 3. The van der Waals surface area contributed by atoms with Gasteiger partial charge in [-0.15, -0.1) is 37.2 Å². The number of carbonyl (C=O) groups excluding carboxylic acids is 1. The van der Waals surface area contributed by atoms with Gasteiger partial charge in [-0.05, 0) is 44.0 Å². The molecule has 6 nitrogen and oxygen atoms in total. The lowest BCUT2D eigenvalue weighted by molar-refractivity contribution is -0.122. The predicted octanol–water partition coefficient (Wildman–Crippen LogP) is 1.61. The van der Waals surface area contributed by atoms with Crippen molar-refractivity contribution in [3.8, 4) is 0 Å². The number of piperazine rings is 1. The zero-order valence-electron chi connectivity index (χ0n) is 16.3. The molecule has 28 heavy (non-hydrogen) atoms. The Hall–Kier alpha value is -0.760. The summed E-state index contributed by atoms with van der Waals surface area (Å²) >= 11 is 0. The van der Waals surface area contributed by atoms with Gasteiger partial charge in [0.2, 0.25) is 5.91 Å². The molecule has 0 aliphatic carbocycles. The number of benzene rings is 1. The molecule has 9 heteroatoms. The second kappa shape index (κ2) is 13.5. The SMILES string of the molecule is Cc1cccc(N2CCN(CCCNC(=O)C3CC(O)CN3)CC2)c1.Cl.Cl.Cl. The quantitative estimate of drug-likeness (QED) is 0.569. The fourth-order valence-corrected chi connectivity index (χ4v) is 3.61. The summed E-state index contributed by atoms with van der Waals surface area (Å²) in [6.45, 7) is 8.61. The van der Waals surface area contributed by atoms with Gasteiger partial charge in [-0.25, -0.2) is 0 Å². The third-order valence-corrected chi connectivity index (χ3v) is 5.11. The van der Waals surface area contributed by atoms with Crippen molar-refractivity contribution < 1.29 is 9.90 Å². The van der Waals surface area contributed by atoms with E-state index in [-0.39, 0.29) is 55.3 Å². The molecule has 2 aliphatic rings. The van der Waals surface area contributed by atoms with Gasteiger partial charge in [-0.2, -0.15) is 0 Å². The summed E-state index contributed by atoms with van der Waals surface area (Å²) in [5.74, 6) is 0.0146. The van der Waals surface area contributed by atoms with Crippen molar-refractivity contribution in [2.24, 2.45) is 0 Å². The number of amides is 1. The van der Waals surface area contributed by atoms with Crippen LogP contribution >= 0.6 is 37.2 Å². The zero-order chi connectivity index (χ0) is 17.6. The van der Waals surface area contributed by atoms with Gasteiger partial charge in [-0.1, -0.05) is 12.1 Å². The largest absolute Gasteiger partial charge is 0.392 e. The number of nitrogens with one attached hydrogen (secondary N) is 2. The average molecular weight is 456 g/mol. The van der Waals surface area contributed by atoms with Crippen molar-refractivity contribution in [1.29, 1.82) is 0 Å². The zero-order valence-corrected chi connectivity index (χ0v) is 18.8. The van der Waals surface area contributed by atoms with Crippen LogP contribution in [0.1, 0.15) is 18.4 Å². The normalized spacial score (nSPS) is 21.9. The fourth-order valence-electron chi connectivity index (χ4n) is 3.61. The first-order valence-corrected chi connectivity index (χ1v) is 9.35. The van der Waals surface area contributed by atoms with Crippen LogP contribution in [0, 0.1) is 6.92 Å². The number of aliphatic hydroxyl groups excluding tert-OH is 1. The van der Waals surface area contributed by atoms with Crippen molar-refractivity contribution in [3.05, 3.63) is 29.8 Å². The third kappa shape index (κ3) is 7.93. The molecule has 162 valence electrons. The molecule has 3 N–H and O–H groups in total. The molecule has 3 rings (SSSR count). The Kier molecular flexibility index (Phi) is 13.1.